The minimum absolute atomic E-state index is 0.296. The van der Waals surface area contributed by atoms with Gasteiger partial charge in [0, 0.05) is 11.6 Å². The molecule has 1 N–H and O–H groups in total. The van der Waals surface area contributed by atoms with E-state index in [1.54, 1.807) is 6.20 Å². The zero-order valence-electron chi connectivity index (χ0n) is 14.5. The molecule has 3 nitrogen and oxygen atoms in total. The lowest BCUT2D eigenvalue weighted by Gasteiger charge is -2.36. The summed E-state index contributed by atoms with van der Waals surface area (Å²) in [6, 6.07) is 16.7. The van der Waals surface area contributed by atoms with Crippen LogP contribution < -0.4 is 5.32 Å². The van der Waals surface area contributed by atoms with E-state index in [0.717, 1.165) is 22.3 Å². The highest BCUT2D eigenvalue weighted by Crippen LogP contribution is 2.27. The van der Waals surface area contributed by atoms with Crippen LogP contribution in [0.4, 0.5) is 0 Å². The molecule has 0 radical (unpaired) electrons. The minimum atomic E-state index is -0.296. The standard InChI is InChI=1S/C21H19ClN2OS/c1-21(13-25-12-19(26)24-21)17-7-2-4-14(9-17)8-15-5-3-6-16-10-18(22)11-23-20(15)16/h2-7,9-11H,8,12-13H2,1H3,(H,24,26). The maximum Gasteiger partial charge on any atom is 0.102 e. The van der Waals surface area contributed by atoms with Crippen LogP contribution >= 0.6 is 23.8 Å². The molecular formula is C21H19ClN2OS. The average molecular weight is 383 g/mol. The van der Waals surface area contributed by atoms with Crippen molar-refractivity contribution in [2.24, 2.45) is 0 Å². The number of hydrogen-bond acceptors (Lipinski definition) is 3. The van der Waals surface area contributed by atoms with Gasteiger partial charge in [-0.15, -0.1) is 0 Å². The van der Waals surface area contributed by atoms with Crippen LogP contribution in [-0.2, 0) is 16.7 Å². The highest BCUT2D eigenvalue weighted by atomic mass is 35.5. The Morgan fingerprint density at radius 2 is 2.08 bits per heavy atom. The lowest BCUT2D eigenvalue weighted by atomic mass is 9.89. The number of ether oxygens (including phenoxy) is 1. The number of thiocarbonyl (C=S) groups is 1. The zero-order valence-corrected chi connectivity index (χ0v) is 16.0. The predicted molar refractivity (Wildman–Crippen MR) is 110 cm³/mol. The minimum Gasteiger partial charge on any atom is -0.372 e. The number of morpholine rings is 1. The molecule has 1 fully saturated rings. The van der Waals surface area contributed by atoms with E-state index in [2.05, 4.69) is 53.6 Å². The van der Waals surface area contributed by atoms with Gasteiger partial charge in [0.1, 0.15) is 4.99 Å². The van der Waals surface area contributed by atoms with E-state index in [-0.39, 0.29) is 5.54 Å². The van der Waals surface area contributed by atoms with Crippen molar-refractivity contribution < 1.29 is 4.74 Å². The molecule has 0 spiro atoms. The lowest BCUT2D eigenvalue weighted by Crippen LogP contribution is -2.52. The number of nitrogens with zero attached hydrogens (tertiary/aromatic N) is 1. The van der Waals surface area contributed by atoms with E-state index in [1.165, 1.54) is 16.7 Å². The van der Waals surface area contributed by atoms with Crippen molar-refractivity contribution in [2.45, 2.75) is 18.9 Å². The van der Waals surface area contributed by atoms with Crippen LogP contribution in [0.3, 0.4) is 0 Å². The Labute approximate surface area is 163 Å². The Hall–Kier alpha value is -2.01. The van der Waals surface area contributed by atoms with E-state index in [4.69, 9.17) is 28.6 Å². The molecule has 3 aromatic rings. The van der Waals surface area contributed by atoms with Crippen molar-refractivity contribution >= 4 is 39.7 Å². The van der Waals surface area contributed by atoms with Crippen molar-refractivity contribution in [3.8, 4) is 0 Å². The van der Waals surface area contributed by atoms with Crippen LogP contribution in [0.15, 0.2) is 54.7 Å². The normalized spacial score (nSPS) is 20.2. The van der Waals surface area contributed by atoms with Crippen LogP contribution in [0.5, 0.6) is 0 Å². The second-order valence-corrected chi connectivity index (χ2v) is 7.82. The molecule has 1 atom stereocenters. The number of halogens is 1. The van der Waals surface area contributed by atoms with E-state index in [1.807, 2.05) is 12.1 Å². The summed E-state index contributed by atoms with van der Waals surface area (Å²) in [6.45, 7) is 3.22. The third kappa shape index (κ3) is 3.45. The molecule has 1 saturated heterocycles. The molecule has 1 aliphatic rings. The van der Waals surface area contributed by atoms with Gasteiger partial charge >= 0.3 is 0 Å². The number of nitrogens with one attached hydrogen (secondary N) is 1. The number of hydrogen-bond donors (Lipinski definition) is 1. The molecule has 4 rings (SSSR count). The number of pyridine rings is 1. The highest BCUT2D eigenvalue weighted by Gasteiger charge is 2.31. The largest absolute Gasteiger partial charge is 0.372 e. The SMILES string of the molecule is CC1(c2cccc(Cc3cccc4cc(Cl)cnc34)c2)COCC(=S)N1. The molecule has 132 valence electrons. The molecule has 0 amide bonds. The van der Waals surface area contributed by atoms with Crippen molar-refractivity contribution in [3.63, 3.8) is 0 Å². The van der Waals surface area contributed by atoms with Gasteiger partial charge in [0.25, 0.3) is 0 Å². The lowest BCUT2D eigenvalue weighted by molar-refractivity contribution is 0.0875. The first-order valence-electron chi connectivity index (χ1n) is 8.55. The Bertz CT molecular complexity index is 991. The van der Waals surface area contributed by atoms with E-state index in [0.29, 0.717) is 18.2 Å². The number of para-hydroxylation sites is 1. The molecule has 26 heavy (non-hydrogen) atoms. The van der Waals surface area contributed by atoms with Crippen molar-refractivity contribution in [3.05, 3.63) is 76.4 Å². The Kier molecular flexibility index (Phi) is 4.65. The molecule has 0 saturated carbocycles. The van der Waals surface area contributed by atoms with Gasteiger partial charge in [0.2, 0.25) is 0 Å². The van der Waals surface area contributed by atoms with E-state index >= 15 is 0 Å². The molecule has 1 aliphatic heterocycles. The first-order chi connectivity index (χ1) is 12.5. The molecule has 0 bridgehead atoms. The fourth-order valence-corrected chi connectivity index (χ4v) is 3.94. The molecule has 1 unspecified atom stereocenters. The topological polar surface area (TPSA) is 34.1 Å². The fourth-order valence-electron chi connectivity index (χ4n) is 3.47. The summed E-state index contributed by atoms with van der Waals surface area (Å²) >= 11 is 11.4. The molecular weight excluding hydrogens is 364 g/mol. The Balaban J connectivity index is 1.67. The predicted octanol–water partition coefficient (Wildman–Crippen LogP) is 4.64. The van der Waals surface area contributed by atoms with Gasteiger partial charge in [0.15, 0.2) is 0 Å². The van der Waals surface area contributed by atoms with Gasteiger partial charge in [-0.2, -0.15) is 0 Å². The van der Waals surface area contributed by atoms with Crippen molar-refractivity contribution in [1.29, 1.82) is 0 Å². The molecule has 1 aromatic heterocycles. The average Bonchev–Trinajstić information content (AvgIpc) is 2.62. The van der Waals surface area contributed by atoms with Crippen molar-refractivity contribution in [2.75, 3.05) is 13.2 Å². The van der Waals surface area contributed by atoms with E-state index in [9.17, 15) is 0 Å². The summed E-state index contributed by atoms with van der Waals surface area (Å²) in [5.41, 5.74) is 4.29. The molecule has 0 aliphatic carbocycles. The first-order valence-corrected chi connectivity index (χ1v) is 9.33. The summed E-state index contributed by atoms with van der Waals surface area (Å²) in [5.74, 6) is 0. The van der Waals surface area contributed by atoms with E-state index < -0.39 is 0 Å². The van der Waals surface area contributed by atoms with Gasteiger partial charge < -0.3 is 10.1 Å². The van der Waals surface area contributed by atoms with Crippen molar-refractivity contribution in [1.82, 2.24) is 10.3 Å². The van der Waals surface area contributed by atoms with Crippen LogP contribution in [-0.4, -0.2) is 23.2 Å². The number of benzene rings is 2. The smallest absolute Gasteiger partial charge is 0.102 e. The summed E-state index contributed by atoms with van der Waals surface area (Å²) in [5, 5.41) is 5.13. The number of fused-ring (bicyclic) bond motifs is 1. The highest BCUT2D eigenvalue weighted by molar-refractivity contribution is 7.80. The summed E-state index contributed by atoms with van der Waals surface area (Å²) < 4.78 is 5.65. The second kappa shape index (κ2) is 6.95. The zero-order chi connectivity index (χ0) is 18.1. The summed E-state index contributed by atoms with van der Waals surface area (Å²) in [4.78, 5) is 5.28. The molecule has 2 heterocycles. The molecule has 5 heteroatoms. The quantitative estimate of drug-likeness (QED) is 0.669. The van der Waals surface area contributed by atoms with Crippen LogP contribution in [0.1, 0.15) is 23.6 Å². The van der Waals surface area contributed by atoms with Gasteiger partial charge in [-0.1, -0.05) is 66.3 Å². The van der Waals surface area contributed by atoms with Crippen LogP contribution in [0.25, 0.3) is 10.9 Å². The van der Waals surface area contributed by atoms with Gasteiger partial charge in [-0.25, -0.2) is 0 Å². The maximum absolute atomic E-state index is 6.07. The fraction of sp³-hybridized carbons (Fsp3) is 0.238. The summed E-state index contributed by atoms with van der Waals surface area (Å²) in [7, 11) is 0. The maximum atomic E-state index is 6.07. The van der Waals surface area contributed by atoms with Gasteiger partial charge in [-0.05, 0) is 36.1 Å². The Morgan fingerprint density at radius 1 is 1.23 bits per heavy atom. The Morgan fingerprint density at radius 3 is 2.92 bits per heavy atom. The van der Waals surface area contributed by atoms with Gasteiger partial charge in [-0.3, -0.25) is 4.98 Å². The number of aromatic nitrogens is 1. The first kappa shape index (κ1) is 17.4. The summed E-state index contributed by atoms with van der Waals surface area (Å²) in [6.07, 6.45) is 2.51. The van der Waals surface area contributed by atoms with Crippen LogP contribution in [0.2, 0.25) is 5.02 Å². The van der Waals surface area contributed by atoms with Gasteiger partial charge in [0.05, 0.1) is 29.3 Å². The third-order valence-electron chi connectivity index (χ3n) is 4.76. The second-order valence-electron chi connectivity index (χ2n) is 6.89. The van der Waals surface area contributed by atoms with Crippen LogP contribution in [0, 0.1) is 0 Å². The monoisotopic (exact) mass is 382 g/mol. The molecule has 2 aromatic carbocycles. The number of rotatable bonds is 3. The third-order valence-corrected chi connectivity index (χ3v) is 5.19.